The zero-order chi connectivity index (χ0) is 14.8. The summed E-state index contributed by atoms with van der Waals surface area (Å²) in [7, 11) is 1.98. The number of aryl methyl sites for hydroxylation is 1. The van der Waals surface area contributed by atoms with Crippen molar-refractivity contribution < 1.29 is 4.74 Å². The molecule has 108 valence electrons. The lowest BCUT2D eigenvalue weighted by atomic mass is 10.2. The zero-order valence-electron chi connectivity index (χ0n) is 12.4. The van der Waals surface area contributed by atoms with Gasteiger partial charge in [0.25, 0.3) is 0 Å². The maximum Gasteiger partial charge on any atom is 0.158 e. The van der Waals surface area contributed by atoms with Crippen molar-refractivity contribution in [3.05, 3.63) is 42.9 Å². The second kappa shape index (κ2) is 5.44. The number of para-hydroxylation sites is 2. The highest BCUT2D eigenvalue weighted by atomic mass is 16.5. The van der Waals surface area contributed by atoms with E-state index in [0.29, 0.717) is 0 Å². The third kappa shape index (κ3) is 2.67. The van der Waals surface area contributed by atoms with E-state index in [9.17, 15) is 0 Å². The van der Waals surface area contributed by atoms with Gasteiger partial charge in [-0.25, -0.2) is 9.97 Å². The summed E-state index contributed by atoms with van der Waals surface area (Å²) < 4.78 is 7.83. The molecule has 0 aliphatic rings. The van der Waals surface area contributed by atoms with Crippen LogP contribution in [0, 0.1) is 0 Å². The monoisotopic (exact) mass is 282 g/mol. The second-order valence-electron chi connectivity index (χ2n) is 5.17. The summed E-state index contributed by atoms with van der Waals surface area (Å²) in [6.07, 6.45) is 3.66. The van der Waals surface area contributed by atoms with E-state index in [-0.39, 0.29) is 6.10 Å². The smallest absolute Gasteiger partial charge is 0.158 e. The number of anilines is 2. The van der Waals surface area contributed by atoms with Gasteiger partial charge in [-0.1, -0.05) is 12.1 Å². The molecule has 0 atom stereocenters. The molecule has 2 heterocycles. The van der Waals surface area contributed by atoms with E-state index in [4.69, 9.17) is 4.74 Å². The minimum atomic E-state index is 0.119. The standard InChI is InChI=1S/C16H18N4O/c1-11(2)21-14-7-5-4-6-12(14)19-16-15-13(17-10-18-16)8-9-20(15)3/h4-11H,1-3H3,(H,17,18,19). The highest BCUT2D eigenvalue weighted by Crippen LogP contribution is 2.30. The molecule has 2 aromatic heterocycles. The molecule has 0 spiro atoms. The molecule has 0 aliphatic carbocycles. The normalized spacial score (nSPS) is 11.0. The molecule has 0 amide bonds. The maximum atomic E-state index is 5.83. The van der Waals surface area contributed by atoms with Crippen LogP contribution in [0.25, 0.3) is 11.0 Å². The van der Waals surface area contributed by atoms with Gasteiger partial charge in [0.15, 0.2) is 5.82 Å². The molecular formula is C16H18N4O. The quantitative estimate of drug-likeness (QED) is 0.795. The highest BCUT2D eigenvalue weighted by Gasteiger charge is 2.10. The van der Waals surface area contributed by atoms with Crippen molar-refractivity contribution in [2.75, 3.05) is 5.32 Å². The first-order chi connectivity index (χ1) is 10.1. The van der Waals surface area contributed by atoms with Crippen molar-refractivity contribution in [1.29, 1.82) is 0 Å². The molecule has 3 rings (SSSR count). The van der Waals surface area contributed by atoms with Crippen LogP contribution in [0.2, 0.25) is 0 Å². The van der Waals surface area contributed by atoms with Crippen LogP contribution in [0.1, 0.15) is 13.8 Å². The first kappa shape index (κ1) is 13.4. The first-order valence-electron chi connectivity index (χ1n) is 6.94. The van der Waals surface area contributed by atoms with Crippen molar-refractivity contribution in [3.8, 4) is 5.75 Å². The summed E-state index contributed by atoms with van der Waals surface area (Å²) in [6.45, 7) is 4.02. The molecule has 0 saturated carbocycles. The van der Waals surface area contributed by atoms with Gasteiger partial charge in [0.2, 0.25) is 0 Å². The van der Waals surface area contributed by atoms with Crippen LogP contribution in [0.15, 0.2) is 42.9 Å². The lowest BCUT2D eigenvalue weighted by molar-refractivity contribution is 0.244. The molecule has 5 nitrogen and oxygen atoms in total. The summed E-state index contributed by atoms with van der Waals surface area (Å²) in [5.74, 6) is 1.58. The Labute approximate surface area is 123 Å². The predicted octanol–water partition coefficient (Wildman–Crippen LogP) is 3.50. The van der Waals surface area contributed by atoms with Gasteiger partial charge in [-0.3, -0.25) is 0 Å². The Bertz CT molecular complexity index is 764. The molecule has 21 heavy (non-hydrogen) atoms. The molecule has 3 aromatic rings. The van der Waals surface area contributed by atoms with Gasteiger partial charge in [-0.15, -0.1) is 0 Å². The van der Waals surface area contributed by atoms with E-state index >= 15 is 0 Å². The fourth-order valence-electron chi connectivity index (χ4n) is 2.26. The van der Waals surface area contributed by atoms with Gasteiger partial charge in [0, 0.05) is 13.2 Å². The van der Waals surface area contributed by atoms with Gasteiger partial charge in [0.1, 0.15) is 17.6 Å². The van der Waals surface area contributed by atoms with Crippen molar-refractivity contribution in [2.45, 2.75) is 20.0 Å². The molecular weight excluding hydrogens is 264 g/mol. The average molecular weight is 282 g/mol. The van der Waals surface area contributed by atoms with E-state index in [1.54, 1.807) is 6.33 Å². The minimum absolute atomic E-state index is 0.119. The topological polar surface area (TPSA) is 52.0 Å². The molecule has 1 aromatic carbocycles. The largest absolute Gasteiger partial charge is 0.489 e. The average Bonchev–Trinajstić information content (AvgIpc) is 2.83. The Kier molecular flexibility index (Phi) is 3.48. The number of rotatable bonds is 4. The van der Waals surface area contributed by atoms with Crippen LogP contribution in [0.5, 0.6) is 5.75 Å². The lowest BCUT2D eigenvalue weighted by Crippen LogP contribution is -2.08. The Morgan fingerprint density at radius 2 is 1.95 bits per heavy atom. The van der Waals surface area contributed by atoms with Crippen LogP contribution in [0.4, 0.5) is 11.5 Å². The third-order valence-corrected chi connectivity index (χ3v) is 3.16. The minimum Gasteiger partial charge on any atom is -0.489 e. The van der Waals surface area contributed by atoms with Crippen molar-refractivity contribution >= 4 is 22.5 Å². The summed E-state index contributed by atoms with van der Waals surface area (Å²) in [5.41, 5.74) is 2.78. The van der Waals surface area contributed by atoms with Gasteiger partial charge in [-0.2, -0.15) is 0 Å². The molecule has 0 bridgehead atoms. The zero-order valence-corrected chi connectivity index (χ0v) is 12.4. The summed E-state index contributed by atoms with van der Waals surface area (Å²) in [5, 5.41) is 3.35. The Hall–Kier alpha value is -2.56. The number of fused-ring (bicyclic) bond motifs is 1. The van der Waals surface area contributed by atoms with Crippen molar-refractivity contribution in [1.82, 2.24) is 14.5 Å². The van der Waals surface area contributed by atoms with Gasteiger partial charge in [0.05, 0.1) is 17.3 Å². The Balaban J connectivity index is 2.01. The van der Waals surface area contributed by atoms with E-state index in [2.05, 4.69) is 15.3 Å². The van der Waals surface area contributed by atoms with Gasteiger partial charge < -0.3 is 14.6 Å². The SMILES string of the molecule is CC(C)Oc1ccccc1Nc1ncnc2ccn(C)c12. The molecule has 1 N–H and O–H groups in total. The number of nitrogens with zero attached hydrogens (tertiary/aromatic N) is 3. The van der Waals surface area contributed by atoms with Crippen LogP contribution in [0.3, 0.4) is 0 Å². The van der Waals surface area contributed by atoms with E-state index in [0.717, 1.165) is 28.3 Å². The summed E-state index contributed by atoms with van der Waals surface area (Å²) in [4.78, 5) is 8.63. The molecule has 0 unspecified atom stereocenters. The van der Waals surface area contributed by atoms with Crippen molar-refractivity contribution in [2.24, 2.45) is 7.05 Å². The maximum absolute atomic E-state index is 5.83. The molecule has 5 heteroatoms. The number of benzene rings is 1. The number of nitrogens with one attached hydrogen (secondary N) is 1. The van der Waals surface area contributed by atoms with Crippen LogP contribution in [-0.4, -0.2) is 20.6 Å². The first-order valence-corrected chi connectivity index (χ1v) is 6.94. The Morgan fingerprint density at radius 1 is 1.14 bits per heavy atom. The highest BCUT2D eigenvalue weighted by molar-refractivity contribution is 5.88. The molecule has 0 saturated heterocycles. The van der Waals surface area contributed by atoms with Gasteiger partial charge in [-0.05, 0) is 32.0 Å². The van der Waals surface area contributed by atoms with Crippen molar-refractivity contribution in [3.63, 3.8) is 0 Å². The van der Waals surface area contributed by atoms with Gasteiger partial charge >= 0.3 is 0 Å². The lowest BCUT2D eigenvalue weighted by Gasteiger charge is -2.15. The fraction of sp³-hybridized carbons (Fsp3) is 0.250. The van der Waals surface area contributed by atoms with E-state index in [1.807, 2.05) is 62.0 Å². The summed E-state index contributed by atoms with van der Waals surface area (Å²) >= 11 is 0. The number of aromatic nitrogens is 3. The van der Waals surface area contributed by atoms with Crippen LogP contribution >= 0.6 is 0 Å². The van der Waals surface area contributed by atoms with E-state index < -0.39 is 0 Å². The third-order valence-electron chi connectivity index (χ3n) is 3.16. The summed E-state index contributed by atoms with van der Waals surface area (Å²) in [6, 6.07) is 9.83. The number of hydrogen-bond acceptors (Lipinski definition) is 4. The molecule has 0 aliphatic heterocycles. The number of hydrogen-bond donors (Lipinski definition) is 1. The van der Waals surface area contributed by atoms with Crippen LogP contribution < -0.4 is 10.1 Å². The second-order valence-corrected chi connectivity index (χ2v) is 5.17. The Morgan fingerprint density at radius 3 is 2.76 bits per heavy atom. The molecule has 0 fully saturated rings. The predicted molar refractivity (Wildman–Crippen MR) is 84.0 cm³/mol. The van der Waals surface area contributed by atoms with Crippen LogP contribution in [-0.2, 0) is 7.05 Å². The molecule has 0 radical (unpaired) electrons. The van der Waals surface area contributed by atoms with E-state index in [1.165, 1.54) is 0 Å². The number of ether oxygens (including phenoxy) is 1. The fourth-order valence-corrected chi connectivity index (χ4v) is 2.26.